The van der Waals surface area contributed by atoms with E-state index in [2.05, 4.69) is 11.6 Å². The molecule has 0 aliphatic heterocycles. The molecular formula is C7H10N2. The zero-order chi connectivity index (χ0) is 6.85. The smallest absolute Gasteiger partial charge is 0.0955 e. The number of imidazole rings is 1. The van der Waals surface area contributed by atoms with Crippen LogP contribution in [-0.2, 0) is 7.05 Å². The quantitative estimate of drug-likeness (QED) is 0.459. The van der Waals surface area contributed by atoms with Gasteiger partial charge in [0.25, 0.3) is 0 Å². The van der Waals surface area contributed by atoms with Crippen molar-refractivity contribution in [1.29, 1.82) is 0 Å². The molecule has 0 fully saturated rings. The molecule has 1 rings (SSSR count). The standard InChI is InChI=1S/C7H10N2/c1-4-7-6(2)8-5-9(7)3/h4-5H,2H2,1,3H3. The van der Waals surface area contributed by atoms with Crippen molar-refractivity contribution in [2.75, 3.05) is 0 Å². The van der Waals surface area contributed by atoms with Gasteiger partial charge in [-0.05, 0) is 6.92 Å². The van der Waals surface area contributed by atoms with E-state index in [1.165, 1.54) is 0 Å². The Morgan fingerprint density at radius 3 is 2.67 bits per heavy atom. The van der Waals surface area contributed by atoms with E-state index in [0.29, 0.717) is 0 Å². The Morgan fingerprint density at radius 2 is 2.44 bits per heavy atom. The van der Waals surface area contributed by atoms with Gasteiger partial charge in [0, 0.05) is 7.05 Å². The molecule has 48 valence electrons. The van der Waals surface area contributed by atoms with Crippen molar-refractivity contribution in [2.45, 2.75) is 6.92 Å². The lowest BCUT2D eigenvalue weighted by Gasteiger charge is -1.84. The summed E-state index contributed by atoms with van der Waals surface area (Å²) >= 11 is 0. The van der Waals surface area contributed by atoms with Crippen molar-refractivity contribution in [2.24, 2.45) is 7.05 Å². The highest BCUT2D eigenvalue weighted by Crippen LogP contribution is 1.61. The number of aryl methyl sites for hydroxylation is 1. The average molecular weight is 122 g/mol. The molecule has 0 atom stereocenters. The van der Waals surface area contributed by atoms with Crippen molar-refractivity contribution >= 4 is 12.7 Å². The molecule has 2 heteroatoms. The SMILES string of the molecule is C=c1ncn(C)c1=CC. The number of aromatic nitrogens is 2. The van der Waals surface area contributed by atoms with E-state index in [1.54, 1.807) is 6.33 Å². The van der Waals surface area contributed by atoms with Crippen LogP contribution in [0.3, 0.4) is 0 Å². The number of rotatable bonds is 0. The second-order valence-corrected chi connectivity index (χ2v) is 1.98. The van der Waals surface area contributed by atoms with E-state index in [9.17, 15) is 0 Å². The van der Waals surface area contributed by atoms with Crippen LogP contribution in [0.4, 0.5) is 0 Å². The highest BCUT2D eigenvalue weighted by molar-refractivity contribution is 5.15. The second-order valence-electron chi connectivity index (χ2n) is 1.98. The first-order chi connectivity index (χ1) is 4.25. The molecule has 0 bridgehead atoms. The highest BCUT2D eigenvalue weighted by Gasteiger charge is 1.84. The molecule has 0 N–H and O–H groups in total. The zero-order valence-electron chi connectivity index (χ0n) is 5.76. The van der Waals surface area contributed by atoms with Gasteiger partial charge >= 0.3 is 0 Å². The van der Waals surface area contributed by atoms with Crippen LogP contribution in [0.25, 0.3) is 12.7 Å². The van der Waals surface area contributed by atoms with Crippen LogP contribution in [0, 0.1) is 0 Å². The van der Waals surface area contributed by atoms with Crippen molar-refractivity contribution in [1.82, 2.24) is 9.55 Å². The Morgan fingerprint density at radius 1 is 1.78 bits per heavy atom. The topological polar surface area (TPSA) is 17.8 Å². The molecule has 9 heavy (non-hydrogen) atoms. The van der Waals surface area contributed by atoms with Crippen LogP contribution in [0.15, 0.2) is 6.33 Å². The third-order valence-electron chi connectivity index (χ3n) is 1.34. The molecule has 0 saturated carbocycles. The summed E-state index contributed by atoms with van der Waals surface area (Å²) in [6, 6.07) is 0. The fraction of sp³-hybridized carbons (Fsp3) is 0.286. The molecule has 1 heterocycles. The van der Waals surface area contributed by atoms with E-state index in [0.717, 1.165) is 10.7 Å². The van der Waals surface area contributed by atoms with E-state index in [1.807, 2.05) is 24.6 Å². The fourth-order valence-corrected chi connectivity index (χ4v) is 0.858. The Kier molecular flexibility index (Phi) is 1.39. The maximum absolute atomic E-state index is 4.01. The summed E-state index contributed by atoms with van der Waals surface area (Å²) in [6.45, 7) is 5.73. The van der Waals surface area contributed by atoms with Crippen LogP contribution in [-0.4, -0.2) is 9.55 Å². The van der Waals surface area contributed by atoms with Gasteiger partial charge in [0.05, 0.1) is 17.0 Å². The minimum absolute atomic E-state index is 0.847. The maximum atomic E-state index is 4.01. The van der Waals surface area contributed by atoms with Gasteiger partial charge in [-0.15, -0.1) is 0 Å². The van der Waals surface area contributed by atoms with E-state index >= 15 is 0 Å². The molecule has 0 radical (unpaired) electrons. The van der Waals surface area contributed by atoms with Crippen LogP contribution in [0.1, 0.15) is 6.92 Å². The molecule has 0 spiro atoms. The second kappa shape index (κ2) is 2.05. The molecule has 2 nitrogen and oxygen atoms in total. The number of hydrogen-bond donors (Lipinski definition) is 0. The van der Waals surface area contributed by atoms with Crippen LogP contribution < -0.4 is 10.7 Å². The Bertz CT molecular complexity index is 295. The lowest BCUT2D eigenvalue weighted by Crippen LogP contribution is -2.26. The van der Waals surface area contributed by atoms with Crippen molar-refractivity contribution in [3.63, 3.8) is 0 Å². The van der Waals surface area contributed by atoms with E-state index in [4.69, 9.17) is 0 Å². The van der Waals surface area contributed by atoms with E-state index in [-0.39, 0.29) is 0 Å². The van der Waals surface area contributed by atoms with Gasteiger partial charge in [-0.3, -0.25) is 0 Å². The van der Waals surface area contributed by atoms with Crippen LogP contribution in [0.2, 0.25) is 0 Å². The van der Waals surface area contributed by atoms with Gasteiger partial charge in [-0.25, -0.2) is 4.98 Å². The molecule has 0 aromatic carbocycles. The van der Waals surface area contributed by atoms with Crippen molar-refractivity contribution in [3.05, 3.63) is 17.0 Å². The molecule has 0 amide bonds. The zero-order valence-corrected chi connectivity index (χ0v) is 5.76. The molecule has 0 unspecified atom stereocenters. The molecule has 0 aliphatic carbocycles. The molecular weight excluding hydrogens is 112 g/mol. The van der Waals surface area contributed by atoms with Gasteiger partial charge in [0.2, 0.25) is 0 Å². The van der Waals surface area contributed by atoms with Gasteiger partial charge in [0.15, 0.2) is 0 Å². The predicted octanol–water partition coefficient (Wildman–Crippen LogP) is -0.369. The van der Waals surface area contributed by atoms with Crippen molar-refractivity contribution in [3.8, 4) is 0 Å². The molecule has 0 saturated heterocycles. The number of hydrogen-bond acceptors (Lipinski definition) is 1. The molecule has 1 aromatic rings. The maximum Gasteiger partial charge on any atom is 0.0955 e. The highest BCUT2D eigenvalue weighted by atomic mass is 15.0. The van der Waals surface area contributed by atoms with Gasteiger partial charge < -0.3 is 4.57 Å². The van der Waals surface area contributed by atoms with Crippen LogP contribution in [0.5, 0.6) is 0 Å². The predicted molar refractivity (Wildman–Crippen MR) is 38.1 cm³/mol. The first-order valence-corrected chi connectivity index (χ1v) is 2.88. The summed E-state index contributed by atoms with van der Waals surface area (Å²) < 4.78 is 1.95. The summed E-state index contributed by atoms with van der Waals surface area (Å²) in [4.78, 5) is 4.01. The van der Waals surface area contributed by atoms with Gasteiger partial charge in [-0.1, -0.05) is 12.7 Å². The summed E-state index contributed by atoms with van der Waals surface area (Å²) in [5, 5.41) is 1.94. The summed E-state index contributed by atoms with van der Waals surface area (Å²) in [6.07, 6.45) is 3.76. The molecule has 1 aromatic heterocycles. The van der Waals surface area contributed by atoms with Gasteiger partial charge in [0.1, 0.15) is 0 Å². The first kappa shape index (κ1) is 6.08. The Labute approximate surface area is 54.2 Å². The van der Waals surface area contributed by atoms with Crippen molar-refractivity contribution < 1.29 is 0 Å². The summed E-state index contributed by atoms with van der Waals surface area (Å²) in [5.74, 6) is 0. The Hall–Kier alpha value is -1.05. The Balaban J connectivity index is 3.61. The minimum atomic E-state index is 0.847. The number of nitrogens with zero attached hydrogens (tertiary/aromatic N) is 2. The van der Waals surface area contributed by atoms with E-state index < -0.39 is 0 Å². The lowest BCUT2D eigenvalue weighted by atomic mass is 10.5. The third kappa shape index (κ3) is 0.875. The average Bonchev–Trinajstić information content (AvgIpc) is 2.12. The monoisotopic (exact) mass is 122 g/mol. The first-order valence-electron chi connectivity index (χ1n) is 2.88. The normalized spacial score (nSPS) is 12.4. The summed E-state index contributed by atoms with van der Waals surface area (Å²) in [5.41, 5.74) is 0. The fourth-order valence-electron chi connectivity index (χ4n) is 0.858. The molecule has 0 aliphatic rings. The summed E-state index contributed by atoms with van der Waals surface area (Å²) in [7, 11) is 1.96. The minimum Gasteiger partial charge on any atom is -0.334 e. The van der Waals surface area contributed by atoms with Crippen LogP contribution >= 0.6 is 0 Å². The van der Waals surface area contributed by atoms with Gasteiger partial charge in [-0.2, -0.15) is 0 Å². The largest absolute Gasteiger partial charge is 0.334 e. The lowest BCUT2D eigenvalue weighted by molar-refractivity contribution is 0.880. The third-order valence-corrected chi connectivity index (χ3v) is 1.34.